The number of rotatable bonds is 2. The van der Waals surface area contributed by atoms with Gasteiger partial charge in [-0.05, 0) is 11.6 Å². The van der Waals surface area contributed by atoms with Crippen LogP contribution in [0.2, 0.25) is 0 Å². The van der Waals surface area contributed by atoms with Gasteiger partial charge in [0, 0.05) is 11.6 Å². The molecule has 0 fully saturated rings. The van der Waals surface area contributed by atoms with Gasteiger partial charge in [0.15, 0.2) is 0 Å². The first-order valence-electron chi connectivity index (χ1n) is 5.38. The van der Waals surface area contributed by atoms with Crippen LogP contribution in [0.4, 0.5) is 0 Å². The average molecular weight is 208 g/mol. The van der Waals surface area contributed by atoms with E-state index in [9.17, 15) is 0 Å². The highest BCUT2D eigenvalue weighted by Crippen LogP contribution is 2.12. The van der Waals surface area contributed by atoms with Crippen LogP contribution in [0, 0.1) is 0 Å². The Morgan fingerprint density at radius 3 is 2.44 bits per heavy atom. The largest absolute Gasteiger partial charge is 0.267 e. The molecule has 0 saturated heterocycles. The van der Waals surface area contributed by atoms with Gasteiger partial charge in [0.2, 0.25) is 0 Å². The standard InChI is InChI=1S/C14H12N2/c1-2-6-12(7-3-1)10-16-11-13-8-4-5-9-14(13)15-16/h1-9,11H,10H2. The number of hydrogen-bond acceptors (Lipinski definition) is 1. The predicted octanol–water partition coefficient (Wildman–Crippen LogP) is 3.08. The normalized spacial score (nSPS) is 10.8. The molecule has 2 nitrogen and oxygen atoms in total. The van der Waals surface area contributed by atoms with Crippen molar-refractivity contribution in [2.24, 2.45) is 0 Å². The molecule has 0 atom stereocenters. The molecular weight excluding hydrogens is 196 g/mol. The summed E-state index contributed by atoms with van der Waals surface area (Å²) in [7, 11) is 0. The molecule has 2 heteroatoms. The van der Waals surface area contributed by atoms with E-state index in [2.05, 4.69) is 41.6 Å². The number of nitrogens with zero attached hydrogens (tertiary/aromatic N) is 2. The van der Waals surface area contributed by atoms with E-state index in [-0.39, 0.29) is 0 Å². The van der Waals surface area contributed by atoms with Crippen molar-refractivity contribution >= 4 is 10.9 Å². The van der Waals surface area contributed by atoms with E-state index in [0.717, 1.165) is 12.1 Å². The molecule has 0 N–H and O–H groups in total. The first-order chi connectivity index (χ1) is 7.92. The summed E-state index contributed by atoms with van der Waals surface area (Å²) >= 11 is 0. The van der Waals surface area contributed by atoms with E-state index < -0.39 is 0 Å². The lowest BCUT2D eigenvalue weighted by Crippen LogP contribution is -1.99. The van der Waals surface area contributed by atoms with Crippen molar-refractivity contribution < 1.29 is 0 Å². The highest BCUT2D eigenvalue weighted by Gasteiger charge is 1.99. The van der Waals surface area contributed by atoms with Crippen molar-refractivity contribution in [3.8, 4) is 0 Å². The number of aromatic nitrogens is 2. The van der Waals surface area contributed by atoms with Crippen molar-refractivity contribution in [2.45, 2.75) is 6.54 Å². The number of fused-ring (bicyclic) bond motifs is 1. The van der Waals surface area contributed by atoms with E-state index in [1.54, 1.807) is 0 Å². The highest BCUT2D eigenvalue weighted by atomic mass is 15.3. The molecule has 1 aromatic heterocycles. The molecule has 3 rings (SSSR count). The van der Waals surface area contributed by atoms with Gasteiger partial charge < -0.3 is 0 Å². The van der Waals surface area contributed by atoms with Gasteiger partial charge in [-0.15, -0.1) is 0 Å². The summed E-state index contributed by atoms with van der Waals surface area (Å²) in [5.74, 6) is 0. The minimum Gasteiger partial charge on any atom is -0.267 e. The second-order valence-electron chi connectivity index (χ2n) is 3.87. The Labute approximate surface area is 94.1 Å². The van der Waals surface area contributed by atoms with Gasteiger partial charge in [0.05, 0.1) is 12.1 Å². The zero-order chi connectivity index (χ0) is 10.8. The summed E-state index contributed by atoms with van der Waals surface area (Å²) in [6.45, 7) is 0.829. The lowest BCUT2D eigenvalue weighted by Gasteiger charge is -2.00. The molecule has 3 aromatic rings. The van der Waals surface area contributed by atoms with Crippen LogP contribution in [0.15, 0.2) is 60.8 Å². The molecule has 0 spiro atoms. The van der Waals surface area contributed by atoms with Crippen molar-refractivity contribution in [2.75, 3.05) is 0 Å². The summed E-state index contributed by atoms with van der Waals surface area (Å²) in [5.41, 5.74) is 2.33. The van der Waals surface area contributed by atoms with Crippen LogP contribution in [0.1, 0.15) is 5.56 Å². The van der Waals surface area contributed by atoms with Gasteiger partial charge in [-0.3, -0.25) is 4.68 Å². The van der Waals surface area contributed by atoms with Gasteiger partial charge in [-0.2, -0.15) is 5.10 Å². The van der Waals surface area contributed by atoms with Crippen LogP contribution in [0.25, 0.3) is 10.9 Å². The fourth-order valence-corrected chi connectivity index (χ4v) is 1.87. The van der Waals surface area contributed by atoms with E-state index in [1.807, 2.05) is 28.9 Å². The molecule has 0 radical (unpaired) electrons. The van der Waals surface area contributed by atoms with Gasteiger partial charge in [-0.25, -0.2) is 0 Å². The molecule has 0 aliphatic heterocycles. The lowest BCUT2D eigenvalue weighted by atomic mass is 10.2. The summed E-state index contributed by atoms with van der Waals surface area (Å²) < 4.78 is 1.99. The summed E-state index contributed by atoms with van der Waals surface area (Å²) in [6.07, 6.45) is 2.09. The maximum absolute atomic E-state index is 4.52. The minimum absolute atomic E-state index is 0.829. The average Bonchev–Trinajstić information content (AvgIpc) is 2.72. The van der Waals surface area contributed by atoms with Crippen LogP contribution in [-0.2, 0) is 6.54 Å². The Balaban J connectivity index is 1.95. The van der Waals surface area contributed by atoms with Gasteiger partial charge in [-0.1, -0.05) is 48.5 Å². The highest BCUT2D eigenvalue weighted by molar-refractivity contribution is 5.77. The Morgan fingerprint density at radius 2 is 1.62 bits per heavy atom. The van der Waals surface area contributed by atoms with Crippen LogP contribution in [-0.4, -0.2) is 9.78 Å². The second-order valence-corrected chi connectivity index (χ2v) is 3.87. The number of hydrogen-bond donors (Lipinski definition) is 0. The summed E-state index contributed by atoms with van der Waals surface area (Å²) in [6, 6.07) is 18.6. The van der Waals surface area contributed by atoms with Gasteiger partial charge in [0.25, 0.3) is 0 Å². The third kappa shape index (κ3) is 1.70. The fourth-order valence-electron chi connectivity index (χ4n) is 1.87. The quantitative estimate of drug-likeness (QED) is 0.632. The molecule has 0 aliphatic carbocycles. The molecule has 1 heterocycles. The van der Waals surface area contributed by atoms with Crippen LogP contribution in [0.5, 0.6) is 0 Å². The summed E-state index contributed by atoms with van der Waals surface area (Å²) in [5, 5.41) is 5.72. The lowest BCUT2D eigenvalue weighted by molar-refractivity contribution is 0.696. The van der Waals surface area contributed by atoms with Gasteiger partial charge in [0.1, 0.15) is 0 Å². The minimum atomic E-state index is 0.829. The topological polar surface area (TPSA) is 17.8 Å². The van der Waals surface area contributed by atoms with Crippen molar-refractivity contribution in [1.82, 2.24) is 9.78 Å². The maximum atomic E-state index is 4.52. The third-order valence-corrected chi connectivity index (χ3v) is 2.65. The fraction of sp³-hybridized carbons (Fsp3) is 0.0714. The van der Waals surface area contributed by atoms with Gasteiger partial charge >= 0.3 is 0 Å². The SMILES string of the molecule is c1ccc(Cn2cc3ccccc3n2)cc1. The molecule has 2 aromatic carbocycles. The maximum Gasteiger partial charge on any atom is 0.0923 e. The van der Waals surface area contributed by atoms with E-state index in [4.69, 9.17) is 0 Å². The smallest absolute Gasteiger partial charge is 0.0923 e. The van der Waals surface area contributed by atoms with Crippen LogP contribution < -0.4 is 0 Å². The predicted molar refractivity (Wildman–Crippen MR) is 65.3 cm³/mol. The molecule has 0 unspecified atom stereocenters. The Hall–Kier alpha value is -2.09. The first-order valence-corrected chi connectivity index (χ1v) is 5.38. The summed E-state index contributed by atoms with van der Waals surface area (Å²) in [4.78, 5) is 0. The van der Waals surface area contributed by atoms with E-state index in [1.165, 1.54) is 10.9 Å². The molecule has 0 bridgehead atoms. The monoisotopic (exact) mass is 208 g/mol. The second kappa shape index (κ2) is 3.81. The van der Waals surface area contributed by atoms with E-state index >= 15 is 0 Å². The molecular formula is C14H12N2. The Kier molecular flexibility index (Phi) is 2.18. The molecule has 0 amide bonds. The molecule has 78 valence electrons. The molecule has 16 heavy (non-hydrogen) atoms. The first kappa shape index (κ1) is 9.16. The van der Waals surface area contributed by atoms with Crippen molar-refractivity contribution in [3.05, 3.63) is 66.4 Å². The number of benzene rings is 2. The molecule has 0 aliphatic rings. The molecule has 0 saturated carbocycles. The van der Waals surface area contributed by atoms with Crippen molar-refractivity contribution in [1.29, 1.82) is 0 Å². The zero-order valence-electron chi connectivity index (χ0n) is 8.88. The Morgan fingerprint density at radius 1 is 0.875 bits per heavy atom. The Bertz CT molecular complexity index is 563. The van der Waals surface area contributed by atoms with E-state index in [0.29, 0.717) is 0 Å². The third-order valence-electron chi connectivity index (χ3n) is 2.65. The van der Waals surface area contributed by atoms with Crippen LogP contribution >= 0.6 is 0 Å². The van der Waals surface area contributed by atoms with Crippen LogP contribution in [0.3, 0.4) is 0 Å². The zero-order valence-corrected chi connectivity index (χ0v) is 8.88. The van der Waals surface area contributed by atoms with Crippen molar-refractivity contribution in [3.63, 3.8) is 0 Å².